The van der Waals surface area contributed by atoms with Gasteiger partial charge in [-0.2, -0.15) is 0 Å². The second-order valence-corrected chi connectivity index (χ2v) is 7.13. The number of esters is 1. The molecule has 0 radical (unpaired) electrons. The van der Waals surface area contributed by atoms with Crippen molar-refractivity contribution >= 4 is 23.4 Å². The van der Waals surface area contributed by atoms with Crippen molar-refractivity contribution in [3.63, 3.8) is 0 Å². The number of amides is 1. The molecular formula is C20H24N4O5. The fraction of sp³-hybridized carbons (Fsp3) is 0.400. The molecule has 29 heavy (non-hydrogen) atoms. The molecule has 0 spiro atoms. The average Bonchev–Trinajstić information content (AvgIpc) is 3.43. The molecule has 9 heteroatoms. The molecule has 2 atom stereocenters. The fourth-order valence-electron chi connectivity index (χ4n) is 3.19. The number of H-pyrrole nitrogens is 1. The van der Waals surface area contributed by atoms with Gasteiger partial charge in [0.25, 0.3) is 11.5 Å². The third-order valence-corrected chi connectivity index (χ3v) is 5.03. The first-order chi connectivity index (χ1) is 13.8. The largest absolute Gasteiger partial charge is 0.455 e. The Labute approximate surface area is 167 Å². The second-order valence-electron chi connectivity index (χ2n) is 7.13. The topological polar surface area (TPSA) is 127 Å². The van der Waals surface area contributed by atoms with Crippen molar-refractivity contribution in [2.45, 2.75) is 26.8 Å². The molecule has 1 aromatic carbocycles. The van der Waals surface area contributed by atoms with Crippen LogP contribution in [0, 0.1) is 11.8 Å². The highest BCUT2D eigenvalue weighted by molar-refractivity contribution is 5.97. The van der Waals surface area contributed by atoms with Crippen molar-refractivity contribution in [2.24, 2.45) is 11.8 Å². The number of aromatic nitrogens is 2. The Balaban J connectivity index is 1.85. The minimum atomic E-state index is -0.769. The van der Waals surface area contributed by atoms with E-state index in [-0.39, 0.29) is 36.4 Å². The molecule has 1 aliphatic rings. The van der Waals surface area contributed by atoms with Gasteiger partial charge in [-0.1, -0.05) is 37.3 Å². The lowest BCUT2D eigenvalue weighted by atomic mass is 10.2. The van der Waals surface area contributed by atoms with Crippen LogP contribution in [-0.4, -0.2) is 34.6 Å². The predicted octanol–water partition coefficient (Wildman–Crippen LogP) is 0.719. The maximum absolute atomic E-state index is 12.6. The van der Waals surface area contributed by atoms with Gasteiger partial charge >= 0.3 is 11.7 Å². The Morgan fingerprint density at radius 3 is 2.52 bits per heavy atom. The molecule has 1 heterocycles. The van der Waals surface area contributed by atoms with Crippen LogP contribution in [0.4, 0.5) is 11.5 Å². The number of likely N-dealkylation sites (N-methyl/N-ethyl adjacent to an activating group) is 1. The molecule has 2 aromatic rings. The standard InChI is InChI=1S/C20H24N4O5/c1-3-23(15(25)11-29-19(27)14-9-12(14)2)16-17(21)24(20(28)22-18(16)26)10-13-7-5-4-6-8-13/h4-8,12,14H,3,9-11,21H2,1-2H3,(H,22,26,28)/t12-,14-/m0/s1. The van der Waals surface area contributed by atoms with E-state index in [9.17, 15) is 19.2 Å². The molecule has 0 aliphatic heterocycles. The molecule has 0 saturated heterocycles. The molecule has 154 valence electrons. The van der Waals surface area contributed by atoms with E-state index >= 15 is 0 Å². The van der Waals surface area contributed by atoms with Gasteiger partial charge in [-0.05, 0) is 24.8 Å². The number of hydrogen-bond donors (Lipinski definition) is 2. The maximum atomic E-state index is 12.6. The highest BCUT2D eigenvalue weighted by atomic mass is 16.5. The van der Waals surface area contributed by atoms with E-state index in [1.807, 2.05) is 37.3 Å². The summed E-state index contributed by atoms with van der Waals surface area (Å²) in [4.78, 5) is 52.5. The van der Waals surface area contributed by atoms with E-state index in [2.05, 4.69) is 4.98 Å². The van der Waals surface area contributed by atoms with E-state index in [1.165, 1.54) is 4.57 Å². The highest BCUT2D eigenvalue weighted by Crippen LogP contribution is 2.38. The normalized spacial score (nSPS) is 17.6. The number of nitrogens with two attached hydrogens (primary N) is 1. The van der Waals surface area contributed by atoms with Crippen LogP contribution in [0.2, 0.25) is 0 Å². The summed E-state index contributed by atoms with van der Waals surface area (Å²) in [6.07, 6.45) is 0.752. The Kier molecular flexibility index (Phi) is 5.86. The van der Waals surface area contributed by atoms with Crippen molar-refractivity contribution < 1.29 is 14.3 Å². The lowest BCUT2D eigenvalue weighted by Gasteiger charge is -2.23. The monoisotopic (exact) mass is 400 g/mol. The summed E-state index contributed by atoms with van der Waals surface area (Å²) in [5.74, 6) is -1.03. The summed E-state index contributed by atoms with van der Waals surface area (Å²) in [5, 5.41) is 0. The summed E-state index contributed by atoms with van der Waals surface area (Å²) in [6, 6.07) is 9.12. The molecule has 0 unspecified atom stereocenters. The van der Waals surface area contributed by atoms with Gasteiger partial charge in [0.1, 0.15) is 5.82 Å². The molecule has 3 N–H and O–H groups in total. The number of nitrogens with one attached hydrogen (secondary N) is 1. The van der Waals surface area contributed by atoms with Gasteiger partial charge in [0.15, 0.2) is 12.3 Å². The van der Waals surface area contributed by atoms with Gasteiger partial charge < -0.3 is 15.4 Å². The van der Waals surface area contributed by atoms with Crippen LogP contribution < -0.4 is 21.9 Å². The van der Waals surface area contributed by atoms with E-state index in [0.717, 1.165) is 16.9 Å². The molecule has 3 rings (SSSR count). The Morgan fingerprint density at radius 2 is 1.93 bits per heavy atom. The van der Waals surface area contributed by atoms with Crippen molar-refractivity contribution in [3.05, 3.63) is 56.7 Å². The van der Waals surface area contributed by atoms with Gasteiger partial charge in [0.2, 0.25) is 0 Å². The zero-order chi connectivity index (χ0) is 21.1. The number of nitrogen functional groups attached to an aromatic ring is 1. The van der Waals surface area contributed by atoms with E-state index in [4.69, 9.17) is 10.5 Å². The number of carbonyl (C=O) groups excluding carboxylic acids is 2. The fourth-order valence-corrected chi connectivity index (χ4v) is 3.19. The van der Waals surface area contributed by atoms with Crippen LogP contribution in [0.5, 0.6) is 0 Å². The number of benzene rings is 1. The van der Waals surface area contributed by atoms with Crippen LogP contribution in [0.3, 0.4) is 0 Å². The zero-order valence-corrected chi connectivity index (χ0v) is 16.4. The first-order valence-corrected chi connectivity index (χ1v) is 9.47. The van der Waals surface area contributed by atoms with E-state index in [0.29, 0.717) is 0 Å². The molecule has 1 amide bonds. The Hall–Kier alpha value is -3.36. The van der Waals surface area contributed by atoms with E-state index in [1.54, 1.807) is 6.92 Å². The van der Waals surface area contributed by atoms with Crippen LogP contribution in [0.1, 0.15) is 25.8 Å². The van der Waals surface area contributed by atoms with Crippen molar-refractivity contribution in [3.8, 4) is 0 Å². The number of anilines is 2. The lowest BCUT2D eigenvalue weighted by Crippen LogP contribution is -2.42. The summed E-state index contributed by atoms with van der Waals surface area (Å²) < 4.78 is 6.27. The average molecular weight is 400 g/mol. The first kappa shape index (κ1) is 20.4. The zero-order valence-electron chi connectivity index (χ0n) is 16.4. The van der Waals surface area contributed by atoms with Crippen molar-refractivity contribution in [2.75, 3.05) is 23.8 Å². The molecule has 1 aromatic heterocycles. The van der Waals surface area contributed by atoms with Gasteiger partial charge in [-0.15, -0.1) is 0 Å². The van der Waals surface area contributed by atoms with Gasteiger partial charge in [-0.25, -0.2) is 4.79 Å². The Morgan fingerprint density at radius 1 is 1.28 bits per heavy atom. The first-order valence-electron chi connectivity index (χ1n) is 9.47. The predicted molar refractivity (Wildman–Crippen MR) is 108 cm³/mol. The number of hydrogen-bond acceptors (Lipinski definition) is 6. The molecule has 1 fully saturated rings. The quantitative estimate of drug-likeness (QED) is 0.659. The molecule has 1 saturated carbocycles. The molecular weight excluding hydrogens is 376 g/mol. The molecule has 9 nitrogen and oxygen atoms in total. The smallest absolute Gasteiger partial charge is 0.330 e. The van der Waals surface area contributed by atoms with Gasteiger partial charge in [0, 0.05) is 6.54 Å². The van der Waals surface area contributed by atoms with Gasteiger partial charge in [-0.3, -0.25) is 23.9 Å². The summed E-state index contributed by atoms with van der Waals surface area (Å²) in [5.41, 5.74) is 5.35. The lowest BCUT2D eigenvalue weighted by molar-refractivity contribution is -0.149. The number of ether oxygens (including phenoxy) is 1. The van der Waals surface area contributed by atoms with Crippen molar-refractivity contribution in [1.82, 2.24) is 9.55 Å². The molecule has 0 bridgehead atoms. The number of rotatable bonds is 7. The minimum Gasteiger partial charge on any atom is -0.455 e. The minimum absolute atomic E-state index is 0.118. The highest BCUT2D eigenvalue weighted by Gasteiger charge is 2.40. The van der Waals surface area contributed by atoms with E-state index < -0.39 is 29.7 Å². The summed E-state index contributed by atoms with van der Waals surface area (Å²) >= 11 is 0. The van der Waals surface area contributed by atoms with Crippen LogP contribution >= 0.6 is 0 Å². The van der Waals surface area contributed by atoms with Crippen LogP contribution in [0.15, 0.2) is 39.9 Å². The van der Waals surface area contributed by atoms with Crippen molar-refractivity contribution in [1.29, 1.82) is 0 Å². The number of aromatic amines is 1. The molecule has 1 aliphatic carbocycles. The number of nitrogens with zero attached hydrogens (tertiary/aromatic N) is 2. The summed E-state index contributed by atoms with van der Waals surface area (Å²) in [7, 11) is 0. The second kappa shape index (κ2) is 8.34. The SMILES string of the molecule is CCN(C(=O)COC(=O)[C@H]1C[C@@H]1C)c1c(N)n(Cc2ccccc2)c(=O)[nH]c1=O. The van der Waals surface area contributed by atoms with Crippen LogP contribution in [0.25, 0.3) is 0 Å². The summed E-state index contributed by atoms with van der Waals surface area (Å²) in [6.45, 7) is 3.35. The van der Waals surface area contributed by atoms with Crippen LogP contribution in [-0.2, 0) is 20.9 Å². The maximum Gasteiger partial charge on any atom is 0.330 e. The Bertz CT molecular complexity index is 1030. The third-order valence-electron chi connectivity index (χ3n) is 5.03. The van der Waals surface area contributed by atoms with Gasteiger partial charge in [0.05, 0.1) is 12.5 Å². The third kappa shape index (κ3) is 4.39. The number of carbonyl (C=O) groups is 2.